The van der Waals surface area contributed by atoms with E-state index in [-0.39, 0.29) is 36.0 Å². The van der Waals surface area contributed by atoms with Gasteiger partial charge in [0.05, 0.1) is 0 Å². The fourth-order valence-electron chi connectivity index (χ4n) is 3.05. The van der Waals surface area contributed by atoms with E-state index in [4.69, 9.17) is 4.74 Å². The van der Waals surface area contributed by atoms with E-state index in [2.05, 4.69) is 20.8 Å². The van der Waals surface area contributed by atoms with Crippen molar-refractivity contribution in [2.45, 2.75) is 51.2 Å². The molecule has 0 atom stereocenters. The SMILES string of the molecule is O=C(COCc1nnc(C(=O)Nc2ccc(F)cc2)s1)NC1CCCCCC1. The van der Waals surface area contributed by atoms with E-state index in [1.54, 1.807) is 0 Å². The summed E-state index contributed by atoms with van der Waals surface area (Å²) in [5.74, 6) is -0.941. The van der Waals surface area contributed by atoms with Gasteiger partial charge in [-0.1, -0.05) is 37.0 Å². The van der Waals surface area contributed by atoms with E-state index in [0.29, 0.717) is 10.7 Å². The largest absolute Gasteiger partial charge is 0.364 e. The van der Waals surface area contributed by atoms with Crippen LogP contribution < -0.4 is 10.6 Å². The number of benzene rings is 1. The Labute approximate surface area is 166 Å². The maximum Gasteiger partial charge on any atom is 0.286 e. The van der Waals surface area contributed by atoms with Crippen LogP contribution in [0.4, 0.5) is 10.1 Å². The van der Waals surface area contributed by atoms with Crippen LogP contribution >= 0.6 is 11.3 Å². The summed E-state index contributed by atoms with van der Waals surface area (Å²) in [6.45, 7) is 0.0623. The van der Waals surface area contributed by atoms with Crippen molar-refractivity contribution in [1.29, 1.82) is 0 Å². The molecule has 0 aliphatic heterocycles. The summed E-state index contributed by atoms with van der Waals surface area (Å²) >= 11 is 1.09. The van der Waals surface area contributed by atoms with Crippen molar-refractivity contribution >= 4 is 28.8 Å². The molecule has 1 aromatic carbocycles. The van der Waals surface area contributed by atoms with Crippen LogP contribution in [-0.4, -0.2) is 34.7 Å². The fourth-order valence-corrected chi connectivity index (χ4v) is 3.72. The molecule has 1 fully saturated rings. The van der Waals surface area contributed by atoms with E-state index in [1.807, 2.05) is 0 Å². The molecule has 0 bridgehead atoms. The Bertz CT molecular complexity index is 789. The molecule has 2 aromatic rings. The second-order valence-corrected chi connectivity index (χ2v) is 7.77. The molecule has 2 amide bonds. The maximum atomic E-state index is 12.9. The monoisotopic (exact) mass is 406 g/mol. The highest BCUT2D eigenvalue weighted by atomic mass is 32.1. The van der Waals surface area contributed by atoms with Gasteiger partial charge in [-0.3, -0.25) is 9.59 Å². The topological polar surface area (TPSA) is 93.2 Å². The molecule has 0 spiro atoms. The van der Waals surface area contributed by atoms with E-state index in [0.717, 1.165) is 37.0 Å². The van der Waals surface area contributed by atoms with E-state index in [9.17, 15) is 14.0 Å². The highest BCUT2D eigenvalue weighted by Gasteiger charge is 2.16. The number of ether oxygens (including phenoxy) is 1. The Kier molecular flexibility index (Phi) is 7.44. The molecular weight excluding hydrogens is 383 g/mol. The molecule has 1 saturated carbocycles. The van der Waals surface area contributed by atoms with Crippen LogP contribution in [0.2, 0.25) is 0 Å². The van der Waals surface area contributed by atoms with Gasteiger partial charge in [-0.25, -0.2) is 4.39 Å². The quantitative estimate of drug-likeness (QED) is 0.689. The Morgan fingerprint density at radius 2 is 1.82 bits per heavy atom. The minimum atomic E-state index is -0.429. The van der Waals surface area contributed by atoms with E-state index in [1.165, 1.54) is 37.1 Å². The molecule has 1 aromatic heterocycles. The molecule has 2 N–H and O–H groups in total. The van der Waals surface area contributed by atoms with Gasteiger partial charge in [0.2, 0.25) is 10.9 Å². The average molecular weight is 406 g/mol. The standard InChI is InChI=1S/C19H23FN4O3S/c20-13-7-9-15(10-8-13)22-18(26)19-24-23-17(28-19)12-27-11-16(25)21-14-5-3-1-2-4-6-14/h7-10,14H,1-6,11-12H2,(H,21,25)(H,22,26). The molecule has 7 nitrogen and oxygen atoms in total. The second kappa shape index (κ2) is 10.2. The predicted molar refractivity (Wildman–Crippen MR) is 104 cm³/mol. The zero-order valence-electron chi connectivity index (χ0n) is 15.4. The lowest BCUT2D eigenvalue weighted by Crippen LogP contribution is -2.36. The Balaban J connectivity index is 1.40. The van der Waals surface area contributed by atoms with Gasteiger partial charge in [0, 0.05) is 11.7 Å². The summed E-state index contributed by atoms with van der Waals surface area (Å²) in [5, 5.41) is 14.1. The molecule has 0 radical (unpaired) electrons. The van der Waals surface area contributed by atoms with E-state index < -0.39 is 5.91 Å². The number of hydrogen-bond donors (Lipinski definition) is 2. The molecule has 1 aliphatic carbocycles. The van der Waals surface area contributed by atoms with Crippen molar-refractivity contribution in [2.24, 2.45) is 0 Å². The zero-order chi connectivity index (χ0) is 19.8. The maximum absolute atomic E-state index is 12.9. The van der Waals surface area contributed by atoms with Crippen LogP contribution in [0.15, 0.2) is 24.3 Å². The second-order valence-electron chi connectivity index (χ2n) is 6.71. The summed E-state index contributed by atoms with van der Waals surface area (Å²) in [4.78, 5) is 24.1. The highest BCUT2D eigenvalue weighted by molar-refractivity contribution is 7.13. The van der Waals surface area contributed by atoms with Gasteiger partial charge in [0.15, 0.2) is 0 Å². The first-order chi connectivity index (χ1) is 13.6. The third kappa shape index (κ3) is 6.35. The number of carbonyl (C=O) groups excluding carboxylic acids is 2. The van der Waals surface area contributed by atoms with Crippen molar-refractivity contribution in [2.75, 3.05) is 11.9 Å². The van der Waals surface area contributed by atoms with Crippen LogP contribution in [-0.2, 0) is 16.1 Å². The van der Waals surface area contributed by atoms with Gasteiger partial charge in [-0.2, -0.15) is 0 Å². The lowest BCUT2D eigenvalue weighted by Gasteiger charge is -2.15. The van der Waals surface area contributed by atoms with Gasteiger partial charge in [0.1, 0.15) is 24.0 Å². The average Bonchev–Trinajstić information content (AvgIpc) is 3.00. The Morgan fingerprint density at radius 3 is 2.54 bits per heavy atom. The van der Waals surface area contributed by atoms with Gasteiger partial charge in [-0.15, -0.1) is 10.2 Å². The van der Waals surface area contributed by atoms with Crippen molar-refractivity contribution < 1.29 is 18.7 Å². The third-order valence-corrected chi connectivity index (χ3v) is 5.34. The van der Waals surface area contributed by atoms with Crippen LogP contribution in [0, 0.1) is 5.82 Å². The molecule has 150 valence electrons. The minimum absolute atomic E-state index is 0.0484. The molecule has 0 unspecified atom stereocenters. The fraction of sp³-hybridized carbons (Fsp3) is 0.474. The molecule has 3 rings (SSSR count). The Morgan fingerprint density at radius 1 is 1.11 bits per heavy atom. The normalized spacial score (nSPS) is 15.0. The molecular formula is C19H23FN4O3S. The number of halogens is 1. The molecule has 1 heterocycles. The Hall–Kier alpha value is -2.39. The highest BCUT2D eigenvalue weighted by Crippen LogP contribution is 2.17. The van der Waals surface area contributed by atoms with Crippen molar-refractivity contribution in [3.8, 4) is 0 Å². The number of amides is 2. The first-order valence-corrected chi connectivity index (χ1v) is 10.2. The lowest BCUT2D eigenvalue weighted by atomic mass is 10.1. The van der Waals surface area contributed by atoms with Crippen molar-refractivity contribution in [3.05, 3.63) is 40.1 Å². The molecule has 1 aliphatic rings. The van der Waals surface area contributed by atoms with Gasteiger partial charge in [-0.05, 0) is 37.1 Å². The number of hydrogen-bond acceptors (Lipinski definition) is 6. The number of nitrogens with zero attached hydrogens (tertiary/aromatic N) is 2. The predicted octanol–water partition coefficient (Wildman–Crippen LogP) is 3.29. The summed E-state index contributed by atoms with van der Waals surface area (Å²) < 4.78 is 18.3. The number of nitrogens with one attached hydrogen (secondary N) is 2. The number of aromatic nitrogens is 2. The van der Waals surface area contributed by atoms with Crippen molar-refractivity contribution in [3.63, 3.8) is 0 Å². The smallest absolute Gasteiger partial charge is 0.286 e. The summed E-state index contributed by atoms with van der Waals surface area (Å²) in [5.41, 5.74) is 0.467. The summed E-state index contributed by atoms with van der Waals surface area (Å²) in [6.07, 6.45) is 6.82. The number of carbonyl (C=O) groups is 2. The van der Waals surface area contributed by atoms with Crippen LogP contribution in [0.25, 0.3) is 0 Å². The van der Waals surface area contributed by atoms with Crippen molar-refractivity contribution in [1.82, 2.24) is 15.5 Å². The number of rotatable bonds is 7. The summed E-state index contributed by atoms with van der Waals surface area (Å²) in [6, 6.07) is 5.68. The zero-order valence-corrected chi connectivity index (χ0v) is 16.3. The van der Waals surface area contributed by atoms with Gasteiger partial charge < -0.3 is 15.4 Å². The number of anilines is 1. The van der Waals surface area contributed by atoms with Crippen LogP contribution in [0.3, 0.4) is 0 Å². The van der Waals surface area contributed by atoms with E-state index >= 15 is 0 Å². The first kappa shape index (κ1) is 20.3. The van der Waals surface area contributed by atoms with Gasteiger partial charge >= 0.3 is 0 Å². The van der Waals surface area contributed by atoms with Crippen LogP contribution in [0.1, 0.15) is 53.3 Å². The minimum Gasteiger partial charge on any atom is -0.364 e. The van der Waals surface area contributed by atoms with Gasteiger partial charge in [0.25, 0.3) is 5.91 Å². The van der Waals surface area contributed by atoms with Crippen LogP contribution in [0.5, 0.6) is 0 Å². The first-order valence-electron chi connectivity index (χ1n) is 9.36. The lowest BCUT2D eigenvalue weighted by molar-refractivity contribution is -0.126. The summed E-state index contributed by atoms with van der Waals surface area (Å²) in [7, 11) is 0. The molecule has 9 heteroatoms. The molecule has 28 heavy (non-hydrogen) atoms. The molecule has 0 saturated heterocycles. The third-order valence-electron chi connectivity index (χ3n) is 4.44.